The van der Waals surface area contributed by atoms with Crippen LogP contribution in [0.4, 0.5) is 4.79 Å². The number of aliphatic carboxylic acids is 1. The maximum atomic E-state index is 11.0. The highest BCUT2D eigenvalue weighted by Gasteiger charge is 2.54. The molecule has 1 saturated carbocycles. The van der Waals surface area contributed by atoms with Crippen molar-refractivity contribution < 1.29 is 19.4 Å². The van der Waals surface area contributed by atoms with Crippen LogP contribution in [-0.4, -0.2) is 40.8 Å². The Labute approximate surface area is 68.9 Å². The van der Waals surface area contributed by atoms with E-state index in [4.69, 9.17) is 9.84 Å². The summed E-state index contributed by atoms with van der Waals surface area (Å²) in [5, 5.41) is 8.43. The second-order valence-corrected chi connectivity index (χ2v) is 3.30. The zero-order valence-corrected chi connectivity index (χ0v) is 6.45. The van der Waals surface area contributed by atoms with Gasteiger partial charge in [0.05, 0.1) is 6.54 Å². The fourth-order valence-corrected chi connectivity index (χ4v) is 1.38. The number of rotatable bonds is 2. The number of carbonyl (C=O) groups excluding carboxylic acids is 1. The number of amides is 1. The van der Waals surface area contributed by atoms with E-state index in [1.165, 1.54) is 4.90 Å². The molecule has 1 amide bonds. The van der Waals surface area contributed by atoms with Gasteiger partial charge in [0, 0.05) is 0 Å². The predicted molar refractivity (Wildman–Crippen MR) is 37.7 cm³/mol. The Hall–Kier alpha value is -1.26. The Bertz CT molecular complexity index is 246. The third-order valence-electron chi connectivity index (χ3n) is 2.17. The fraction of sp³-hybridized carbons (Fsp3) is 0.714. The van der Waals surface area contributed by atoms with Crippen molar-refractivity contribution in [1.82, 2.24) is 4.90 Å². The van der Waals surface area contributed by atoms with Crippen molar-refractivity contribution in [2.24, 2.45) is 0 Å². The molecule has 1 saturated heterocycles. The van der Waals surface area contributed by atoms with E-state index in [1.54, 1.807) is 0 Å². The van der Waals surface area contributed by atoms with Gasteiger partial charge in [0.25, 0.3) is 0 Å². The van der Waals surface area contributed by atoms with E-state index >= 15 is 0 Å². The molecule has 1 heterocycles. The normalized spacial score (nSPS) is 24.3. The van der Waals surface area contributed by atoms with Gasteiger partial charge in [-0.1, -0.05) is 0 Å². The summed E-state index contributed by atoms with van der Waals surface area (Å²) in [6.07, 6.45) is 1.25. The quantitative estimate of drug-likeness (QED) is 0.637. The summed E-state index contributed by atoms with van der Waals surface area (Å²) in [5.41, 5.74) is -0.313. The van der Waals surface area contributed by atoms with E-state index in [-0.39, 0.29) is 12.1 Å². The molecule has 5 nitrogen and oxygen atoms in total. The molecule has 0 radical (unpaired) electrons. The van der Waals surface area contributed by atoms with Gasteiger partial charge in [-0.2, -0.15) is 0 Å². The van der Waals surface area contributed by atoms with E-state index in [0.29, 0.717) is 6.54 Å². The van der Waals surface area contributed by atoms with Crippen LogP contribution in [0.25, 0.3) is 0 Å². The SMILES string of the molecule is O=C(O)CN1CC2(CC2)OC1=O. The van der Waals surface area contributed by atoms with E-state index in [1.807, 2.05) is 0 Å². The minimum Gasteiger partial charge on any atom is -0.480 e. The Morgan fingerprint density at radius 3 is 2.75 bits per heavy atom. The second-order valence-electron chi connectivity index (χ2n) is 3.30. The molecule has 5 heteroatoms. The largest absolute Gasteiger partial charge is 0.480 e. The van der Waals surface area contributed by atoms with Crippen LogP contribution in [0, 0.1) is 0 Å². The first-order valence-electron chi connectivity index (χ1n) is 3.81. The first-order chi connectivity index (χ1) is 5.61. The molecule has 0 atom stereocenters. The molecule has 0 aromatic carbocycles. The predicted octanol–water partition coefficient (Wildman–Crippen LogP) is 0.0558. The maximum absolute atomic E-state index is 11.0. The van der Waals surface area contributed by atoms with Gasteiger partial charge in [0.1, 0.15) is 12.1 Å². The van der Waals surface area contributed by atoms with Gasteiger partial charge in [-0.05, 0) is 12.8 Å². The van der Waals surface area contributed by atoms with Crippen LogP contribution in [0.1, 0.15) is 12.8 Å². The zero-order chi connectivity index (χ0) is 8.77. The smallest absolute Gasteiger partial charge is 0.411 e. The fourth-order valence-electron chi connectivity index (χ4n) is 1.38. The van der Waals surface area contributed by atoms with Crippen molar-refractivity contribution in [3.63, 3.8) is 0 Å². The molecule has 0 aromatic heterocycles. The number of hydrogen-bond acceptors (Lipinski definition) is 3. The second kappa shape index (κ2) is 2.12. The number of ether oxygens (including phenoxy) is 1. The van der Waals surface area contributed by atoms with Gasteiger partial charge >= 0.3 is 12.1 Å². The van der Waals surface area contributed by atoms with Crippen molar-refractivity contribution in [3.8, 4) is 0 Å². The van der Waals surface area contributed by atoms with Gasteiger partial charge in [-0.25, -0.2) is 4.79 Å². The zero-order valence-electron chi connectivity index (χ0n) is 6.45. The van der Waals surface area contributed by atoms with Crippen LogP contribution in [0.3, 0.4) is 0 Å². The Morgan fingerprint density at radius 2 is 2.33 bits per heavy atom. The monoisotopic (exact) mass is 171 g/mol. The van der Waals surface area contributed by atoms with Crippen LogP contribution >= 0.6 is 0 Å². The maximum Gasteiger partial charge on any atom is 0.411 e. The lowest BCUT2D eigenvalue weighted by Gasteiger charge is -2.07. The summed E-state index contributed by atoms with van der Waals surface area (Å²) < 4.78 is 5.00. The van der Waals surface area contributed by atoms with Gasteiger partial charge in [-0.3, -0.25) is 9.69 Å². The molecule has 1 N–H and O–H groups in total. The molecule has 2 rings (SSSR count). The summed E-state index contributed by atoms with van der Waals surface area (Å²) in [6.45, 7) is 0.193. The lowest BCUT2D eigenvalue weighted by atomic mass is 10.3. The average molecular weight is 171 g/mol. The summed E-state index contributed by atoms with van der Waals surface area (Å²) >= 11 is 0. The Morgan fingerprint density at radius 1 is 1.67 bits per heavy atom. The summed E-state index contributed by atoms with van der Waals surface area (Å²) in [4.78, 5) is 22.5. The summed E-state index contributed by atoms with van der Waals surface area (Å²) in [6, 6.07) is 0. The van der Waals surface area contributed by atoms with Crippen molar-refractivity contribution in [3.05, 3.63) is 0 Å². The lowest BCUT2D eigenvalue weighted by molar-refractivity contribution is -0.137. The Kier molecular flexibility index (Phi) is 1.31. The molecule has 66 valence electrons. The molecule has 0 aromatic rings. The van der Waals surface area contributed by atoms with Crippen molar-refractivity contribution in [2.45, 2.75) is 18.4 Å². The lowest BCUT2D eigenvalue weighted by Crippen LogP contribution is -2.31. The third-order valence-corrected chi connectivity index (χ3v) is 2.17. The topological polar surface area (TPSA) is 66.8 Å². The van der Waals surface area contributed by atoms with E-state index in [2.05, 4.69) is 0 Å². The van der Waals surface area contributed by atoms with Crippen LogP contribution in [-0.2, 0) is 9.53 Å². The highest BCUT2D eigenvalue weighted by atomic mass is 16.6. The average Bonchev–Trinajstić information content (AvgIpc) is 2.59. The minimum atomic E-state index is -0.996. The molecule has 1 aliphatic heterocycles. The van der Waals surface area contributed by atoms with Crippen molar-refractivity contribution in [1.29, 1.82) is 0 Å². The van der Waals surface area contributed by atoms with Gasteiger partial charge in [0.2, 0.25) is 0 Å². The summed E-state index contributed by atoms with van der Waals surface area (Å²) in [5.74, 6) is -0.996. The van der Waals surface area contributed by atoms with Gasteiger partial charge < -0.3 is 9.84 Å². The van der Waals surface area contributed by atoms with Crippen LogP contribution in [0.5, 0.6) is 0 Å². The van der Waals surface area contributed by atoms with Gasteiger partial charge in [0.15, 0.2) is 0 Å². The summed E-state index contributed by atoms with van der Waals surface area (Å²) in [7, 11) is 0. The van der Waals surface area contributed by atoms with Crippen LogP contribution < -0.4 is 0 Å². The van der Waals surface area contributed by atoms with E-state index in [0.717, 1.165) is 12.8 Å². The molecule has 1 spiro atoms. The molecular weight excluding hydrogens is 162 g/mol. The molecular formula is C7H9NO4. The van der Waals surface area contributed by atoms with Crippen LogP contribution in [0.2, 0.25) is 0 Å². The standard InChI is InChI=1S/C7H9NO4/c9-5(10)3-8-4-7(1-2-7)12-6(8)11/h1-4H2,(H,9,10). The highest BCUT2D eigenvalue weighted by Crippen LogP contribution is 2.44. The third kappa shape index (κ3) is 1.11. The van der Waals surface area contributed by atoms with Crippen LogP contribution in [0.15, 0.2) is 0 Å². The van der Waals surface area contributed by atoms with Crippen molar-refractivity contribution >= 4 is 12.1 Å². The minimum absolute atomic E-state index is 0.249. The molecule has 0 bridgehead atoms. The number of nitrogens with zero attached hydrogens (tertiary/aromatic N) is 1. The molecule has 0 unspecified atom stereocenters. The van der Waals surface area contributed by atoms with E-state index < -0.39 is 12.1 Å². The number of carboxylic acids is 1. The van der Waals surface area contributed by atoms with Gasteiger partial charge in [-0.15, -0.1) is 0 Å². The first-order valence-corrected chi connectivity index (χ1v) is 3.81. The number of carboxylic acid groups (broad SMARTS) is 1. The number of carbonyl (C=O) groups is 2. The molecule has 1 aliphatic carbocycles. The molecule has 2 fully saturated rings. The first kappa shape index (κ1) is 7.39. The number of hydrogen-bond donors (Lipinski definition) is 1. The highest BCUT2D eigenvalue weighted by molar-refractivity contribution is 5.78. The molecule has 12 heavy (non-hydrogen) atoms. The Balaban J connectivity index is 1.99. The van der Waals surface area contributed by atoms with Crippen molar-refractivity contribution in [2.75, 3.05) is 13.1 Å². The van der Waals surface area contributed by atoms with E-state index in [9.17, 15) is 9.59 Å². The molecule has 2 aliphatic rings.